The van der Waals surface area contributed by atoms with Crippen LogP contribution in [0.15, 0.2) is 30.3 Å². The summed E-state index contributed by atoms with van der Waals surface area (Å²) in [6.07, 6.45) is 0.105. The lowest BCUT2D eigenvalue weighted by Gasteiger charge is -2.32. The number of nitrogens with two attached hydrogens (primary N) is 1. The molecule has 1 amide bonds. The van der Waals surface area contributed by atoms with Gasteiger partial charge in [-0.05, 0) is 11.5 Å². The van der Waals surface area contributed by atoms with Crippen molar-refractivity contribution in [2.24, 2.45) is 11.7 Å². The van der Waals surface area contributed by atoms with Crippen molar-refractivity contribution in [3.8, 4) is 0 Å². The first-order chi connectivity index (χ1) is 9.51. The number of nitrogens with zero attached hydrogens (tertiary/aromatic N) is 1. The maximum Gasteiger partial charge on any atom is 0.225 e. The Morgan fingerprint density at radius 2 is 1.86 bits per heavy atom. The number of methoxy groups -OCH3 is 1. The van der Waals surface area contributed by atoms with E-state index >= 15 is 0 Å². The number of amides is 1. The van der Waals surface area contributed by atoms with Gasteiger partial charge in [0, 0.05) is 20.7 Å². The summed E-state index contributed by atoms with van der Waals surface area (Å²) < 4.78 is 5.19. The highest BCUT2D eigenvalue weighted by molar-refractivity contribution is 5.85. The molecule has 2 unspecified atom stereocenters. The standard InChI is InChI=1S/C16H26N2O2.ClH/c1-12(2)16(13-8-6-5-7-9-13)18(3)15(19)10-14(11-17)20-4;/h5-9,12,14,16H,10-11,17H2,1-4H3;1H. The molecule has 0 bridgehead atoms. The molecule has 0 radical (unpaired) electrons. The average molecular weight is 315 g/mol. The lowest BCUT2D eigenvalue weighted by molar-refractivity contribution is -0.135. The van der Waals surface area contributed by atoms with Crippen LogP contribution in [0.2, 0.25) is 0 Å². The minimum Gasteiger partial charge on any atom is -0.380 e. The molecule has 0 heterocycles. The summed E-state index contributed by atoms with van der Waals surface area (Å²) in [4.78, 5) is 14.2. The van der Waals surface area contributed by atoms with E-state index in [0.29, 0.717) is 18.9 Å². The van der Waals surface area contributed by atoms with Crippen molar-refractivity contribution in [2.45, 2.75) is 32.4 Å². The molecule has 4 nitrogen and oxygen atoms in total. The van der Waals surface area contributed by atoms with E-state index < -0.39 is 0 Å². The van der Waals surface area contributed by atoms with Gasteiger partial charge < -0.3 is 15.4 Å². The van der Waals surface area contributed by atoms with Crippen molar-refractivity contribution in [3.63, 3.8) is 0 Å². The Balaban J connectivity index is 0.00000400. The van der Waals surface area contributed by atoms with Gasteiger partial charge in [-0.3, -0.25) is 4.79 Å². The molecular formula is C16H27ClN2O2. The van der Waals surface area contributed by atoms with Gasteiger partial charge in [0.05, 0.1) is 18.6 Å². The summed E-state index contributed by atoms with van der Waals surface area (Å²) in [6.45, 7) is 4.60. The van der Waals surface area contributed by atoms with Gasteiger partial charge in [-0.25, -0.2) is 0 Å². The van der Waals surface area contributed by atoms with Crippen LogP contribution < -0.4 is 5.73 Å². The topological polar surface area (TPSA) is 55.6 Å². The van der Waals surface area contributed by atoms with Gasteiger partial charge in [-0.1, -0.05) is 44.2 Å². The second-order valence-electron chi connectivity index (χ2n) is 5.40. The number of carbonyl (C=O) groups excluding carboxylic acids is 1. The maximum absolute atomic E-state index is 12.4. The van der Waals surface area contributed by atoms with Crippen molar-refractivity contribution in [1.82, 2.24) is 4.90 Å². The van der Waals surface area contributed by atoms with Crippen LogP contribution in [0.1, 0.15) is 31.9 Å². The molecule has 21 heavy (non-hydrogen) atoms. The fourth-order valence-corrected chi connectivity index (χ4v) is 2.46. The van der Waals surface area contributed by atoms with E-state index in [2.05, 4.69) is 26.0 Å². The molecule has 0 spiro atoms. The fourth-order valence-electron chi connectivity index (χ4n) is 2.46. The number of benzene rings is 1. The van der Waals surface area contributed by atoms with E-state index in [9.17, 15) is 4.79 Å². The van der Waals surface area contributed by atoms with Gasteiger partial charge >= 0.3 is 0 Å². The van der Waals surface area contributed by atoms with Crippen LogP contribution in [0.3, 0.4) is 0 Å². The van der Waals surface area contributed by atoms with Crippen molar-refractivity contribution in [3.05, 3.63) is 35.9 Å². The van der Waals surface area contributed by atoms with Gasteiger partial charge in [0.1, 0.15) is 0 Å². The Morgan fingerprint density at radius 3 is 2.29 bits per heavy atom. The smallest absolute Gasteiger partial charge is 0.225 e. The van der Waals surface area contributed by atoms with Gasteiger partial charge in [0.2, 0.25) is 5.91 Å². The zero-order valence-electron chi connectivity index (χ0n) is 13.3. The van der Waals surface area contributed by atoms with Gasteiger partial charge in [-0.2, -0.15) is 0 Å². The molecule has 0 fully saturated rings. The van der Waals surface area contributed by atoms with Crippen LogP contribution >= 0.6 is 12.4 Å². The molecule has 0 aromatic heterocycles. The number of hydrogen-bond donors (Lipinski definition) is 1. The number of hydrogen-bond acceptors (Lipinski definition) is 3. The summed E-state index contributed by atoms with van der Waals surface area (Å²) in [5.74, 6) is 0.398. The lowest BCUT2D eigenvalue weighted by atomic mass is 9.94. The number of rotatable bonds is 7. The van der Waals surface area contributed by atoms with Gasteiger partial charge in [0.15, 0.2) is 0 Å². The predicted molar refractivity (Wildman–Crippen MR) is 88.5 cm³/mol. The molecule has 0 saturated heterocycles. The maximum atomic E-state index is 12.4. The normalized spacial score (nSPS) is 13.4. The van der Waals surface area contributed by atoms with E-state index in [0.717, 1.165) is 5.56 Å². The highest BCUT2D eigenvalue weighted by Crippen LogP contribution is 2.28. The number of halogens is 1. The molecule has 2 atom stereocenters. The van der Waals surface area contributed by atoms with Crippen molar-refractivity contribution in [1.29, 1.82) is 0 Å². The van der Waals surface area contributed by atoms with Crippen LogP contribution in [-0.2, 0) is 9.53 Å². The highest BCUT2D eigenvalue weighted by atomic mass is 35.5. The second-order valence-corrected chi connectivity index (χ2v) is 5.40. The van der Waals surface area contributed by atoms with E-state index in [1.165, 1.54) is 0 Å². The van der Waals surface area contributed by atoms with Crippen LogP contribution in [0.5, 0.6) is 0 Å². The first kappa shape index (κ1) is 19.9. The zero-order chi connectivity index (χ0) is 15.1. The predicted octanol–water partition coefficient (Wildman–Crippen LogP) is 2.63. The molecule has 0 aliphatic rings. The third kappa shape index (κ3) is 5.65. The Labute approximate surface area is 134 Å². The molecule has 0 aliphatic carbocycles. The van der Waals surface area contributed by atoms with E-state index in [1.807, 2.05) is 30.1 Å². The average Bonchev–Trinajstić information content (AvgIpc) is 2.45. The molecule has 2 N–H and O–H groups in total. The first-order valence-electron chi connectivity index (χ1n) is 7.04. The van der Waals surface area contributed by atoms with Crippen LogP contribution in [0.4, 0.5) is 0 Å². The Morgan fingerprint density at radius 1 is 1.29 bits per heavy atom. The fraction of sp³-hybridized carbons (Fsp3) is 0.562. The van der Waals surface area contributed by atoms with Gasteiger partial charge in [0.25, 0.3) is 0 Å². The highest BCUT2D eigenvalue weighted by Gasteiger charge is 2.25. The molecule has 1 aromatic carbocycles. The largest absolute Gasteiger partial charge is 0.380 e. The van der Waals surface area contributed by atoms with Crippen molar-refractivity contribution >= 4 is 18.3 Å². The zero-order valence-corrected chi connectivity index (χ0v) is 14.1. The van der Waals surface area contributed by atoms with Crippen molar-refractivity contribution in [2.75, 3.05) is 20.7 Å². The number of ether oxygens (including phenoxy) is 1. The molecular weight excluding hydrogens is 288 g/mol. The third-order valence-electron chi connectivity index (χ3n) is 3.58. The number of carbonyl (C=O) groups is 1. The molecule has 0 aliphatic heterocycles. The monoisotopic (exact) mass is 314 g/mol. The third-order valence-corrected chi connectivity index (χ3v) is 3.58. The second kappa shape index (κ2) is 9.77. The van der Waals surface area contributed by atoms with Crippen LogP contribution in [-0.4, -0.2) is 37.6 Å². The summed E-state index contributed by atoms with van der Waals surface area (Å²) >= 11 is 0. The summed E-state index contributed by atoms with van der Waals surface area (Å²) in [7, 11) is 3.44. The first-order valence-corrected chi connectivity index (χ1v) is 7.04. The molecule has 1 aromatic rings. The van der Waals surface area contributed by atoms with E-state index in [-0.39, 0.29) is 30.5 Å². The molecule has 5 heteroatoms. The summed E-state index contributed by atoms with van der Waals surface area (Å²) in [6, 6.07) is 10.2. The Hall–Kier alpha value is -1.10. The van der Waals surface area contributed by atoms with E-state index in [1.54, 1.807) is 7.11 Å². The Bertz CT molecular complexity index is 408. The minimum absolute atomic E-state index is 0. The molecule has 120 valence electrons. The SMILES string of the molecule is COC(CN)CC(=O)N(C)C(c1ccccc1)C(C)C.Cl. The Kier molecular flexibility index (Phi) is 9.26. The van der Waals surface area contributed by atoms with Crippen molar-refractivity contribution < 1.29 is 9.53 Å². The van der Waals surface area contributed by atoms with Gasteiger partial charge in [-0.15, -0.1) is 12.4 Å². The molecule has 1 rings (SSSR count). The van der Waals surface area contributed by atoms with Crippen LogP contribution in [0.25, 0.3) is 0 Å². The molecule has 0 saturated carbocycles. The van der Waals surface area contributed by atoms with Crippen LogP contribution in [0, 0.1) is 5.92 Å². The summed E-state index contributed by atoms with van der Waals surface area (Å²) in [5.41, 5.74) is 6.74. The van der Waals surface area contributed by atoms with E-state index in [4.69, 9.17) is 10.5 Å². The lowest BCUT2D eigenvalue weighted by Crippen LogP contribution is -2.37. The minimum atomic E-state index is -0.214. The summed E-state index contributed by atoms with van der Waals surface area (Å²) in [5, 5.41) is 0. The quantitative estimate of drug-likeness (QED) is 0.841.